The van der Waals surface area contributed by atoms with Crippen LogP contribution in [0.5, 0.6) is 0 Å². The fraction of sp³-hybridized carbons (Fsp3) is 0.875. The van der Waals surface area contributed by atoms with Gasteiger partial charge in [0.25, 0.3) is 0 Å². The molecule has 0 saturated heterocycles. The van der Waals surface area contributed by atoms with Gasteiger partial charge in [0.15, 0.2) is 0 Å². The van der Waals surface area contributed by atoms with Crippen molar-refractivity contribution in [3.8, 4) is 0 Å². The molecule has 0 heterocycles. The van der Waals surface area contributed by atoms with Crippen LogP contribution >= 0.6 is 0 Å². The first-order valence-electron chi connectivity index (χ1n) is 3.45. The molecule has 0 amide bonds. The molecule has 0 aromatic heterocycles. The van der Waals surface area contributed by atoms with Gasteiger partial charge in [0, 0.05) is 6.61 Å². The van der Waals surface area contributed by atoms with E-state index in [0.29, 0.717) is 5.92 Å². The zero-order valence-electron chi connectivity index (χ0n) is 6.81. The first-order valence-corrected chi connectivity index (χ1v) is 3.45. The van der Waals surface area contributed by atoms with Crippen LogP contribution in [0.2, 0.25) is 0 Å². The van der Waals surface area contributed by atoms with Gasteiger partial charge in [0.1, 0.15) is 0 Å². The number of hydrogen-bond donors (Lipinski definition) is 1. The van der Waals surface area contributed by atoms with Crippen LogP contribution in [0.15, 0.2) is 0 Å². The lowest BCUT2D eigenvalue weighted by Crippen LogP contribution is -2.19. The van der Waals surface area contributed by atoms with E-state index in [1.807, 2.05) is 13.8 Å². The maximum Gasteiger partial charge on any atom is 0.0484 e. The van der Waals surface area contributed by atoms with Gasteiger partial charge in [-0.25, -0.2) is 0 Å². The quantitative estimate of drug-likeness (QED) is 0.616. The van der Waals surface area contributed by atoms with E-state index in [-0.39, 0.29) is 12.0 Å². The molecule has 0 spiro atoms. The summed E-state index contributed by atoms with van der Waals surface area (Å²) in [7, 11) is 0. The molecule has 1 heteroatoms. The van der Waals surface area contributed by atoms with Crippen molar-refractivity contribution in [2.75, 3.05) is 6.61 Å². The summed E-state index contributed by atoms with van der Waals surface area (Å²) in [6.07, 6.45) is 2.16. The molecule has 0 atom stereocenters. The predicted molar refractivity (Wildman–Crippen MR) is 40.0 cm³/mol. The number of hydrogen-bond acceptors (Lipinski definition) is 1. The Bertz CT molecular complexity index is 74.6. The Morgan fingerprint density at radius 1 is 1.44 bits per heavy atom. The molecule has 0 aliphatic carbocycles. The molecular weight excluding hydrogens is 112 g/mol. The zero-order valence-corrected chi connectivity index (χ0v) is 6.81. The van der Waals surface area contributed by atoms with Crippen LogP contribution in [0.3, 0.4) is 0 Å². The van der Waals surface area contributed by atoms with Crippen molar-refractivity contribution in [2.24, 2.45) is 11.3 Å². The highest BCUT2D eigenvalue weighted by Gasteiger charge is 2.17. The average molecular weight is 129 g/mol. The van der Waals surface area contributed by atoms with Crippen LogP contribution in [-0.4, -0.2) is 11.7 Å². The molecule has 0 rings (SSSR count). The van der Waals surface area contributed by atoms with Crippen molar-refractivity contribution in [2.45, 2.75) is 27.7 Å². The monoisotopic (exact) mass is 129 g/mol. The summed E-state index contributed by atoms with van der Waals surface area (Å²) in [6, 6.07) is 0. The van der Waals surface area contributed by atoms with Gasteiger partial charge in [-0.2, -0.15) is 0 Å². The molecule has 1 nitrogen and oxygen atoms in total. The van der Waals surface area contributed by atoms with Crippen molar-refractivity contribution >= 4 is 0 Å². The summed E-state index contributed by atoms with van der Waals surface area (Å²) < 4.78 is 0. The third-order valence-electron chi connectivity index (χ3n) is 1.19. The number of aliphatic hydroxyl groups is 1. The van der Waals surface area contributed by atoms with E-state index in [9.17, 15) is 0 Å². The lowest BCUT2D eigenvalue weighted by Gasteiger charge is -2.22. The fourth-order valence-corrected chi connectivity index (χ4v) is 0.955. The van der Waals surface area contributed by atoms with Crippen LogP contribution < -0.4 is 0 Å². The standard InChI is InChI=1S/C8H17O/c1-7(2)5-8(3,4)6-9/h5,7,9H,6H2,1-4H3. The molecule has 0 aliphatic rings. The first-order chi connectivity index (χ1) is 3.98. The Morgan fingerprint density at radius 3 is 2.00 bits per heavy atom. The van der Waals surface area contributed by atoms with Crippen molar-refractivity contribution in [1.82, 2.24) is 0 Å². The Labute approximate surface area is 58.1 Å². The Balaban J connectivity index is 3.58. The number of aliphatic hydroxyl groups excluding tert-OH is 1. The third-order valence-corrected chi connectivity index (χ3v) is 1.19. The van der Waals surface area contributed by atoms with Gasteiger partial charge in [0.2, 0.25) is 0 Å². The molecule has 0 saturated carbocycles. The minimum absolute atomic E-state index is 0.00579. The van der Waals surface area contributed by atoms with E-state index >= 15 is 0 Å². The van der Waals surface area contributed by atoms with E-state index in [0.717, 1.165) is 0 Å². The SMILES string of the molecule is CC(C)[CH]C(C)(C)CO. The molecule has 0 aliphatic heterocycles. The van der Waals surface area contributed by atoms with Gasteiger partial charge >= 0.3 is 0 Å². The van der Waals surface area contributed by atoms with Crippen LogP contribution in [0, 0.1) is 17.8 Å². The zero-order chi connectivity index (χ0) is 7.49. The largest absolute Gasteiger partial charge is 0.396 e. The molecule has 0 aromatic rings. The maximum atomic E-state index is 8.81. The van der Waals surface area contributed by atoms with E-state index < -0.39 is 0 Å². The van der Waals surface area contributed by atoms with Crippen LogP contribution in [0.4, 0.5) is 0 Å². The van der Waals surface area contributed by atoms with E-state index in [4.69, 9.17) is 5.11 Å². The van der Waals surface area contributed by atoms with Crippen molar-refractivity contribution < 1.29 is 5.11 Å². The molecule has 55 valence electrons. The Morgan fingerprint density at radius 2 is 1.89 bits per heavy atom. The van der Waals surface area contributed by atoms with Crippen LogP contribution in [-0.2, 0) is 0 Å². The fourth-order valence-electron chi connectivity index (χ4n) is 0.955. The summed E-state index contributed by atoms with van der Waals surface area (Å²) in [6.45, 7) is 8.56. The second kappa shape index (κ2) is 3.21. The molecule has 0 bridgehead atoms. The molecule has 0 unspecified atom stereocenters. The van der Waals surface area contributed by atoms with Crippen molar-refractivity contribution in [1.29, 1.82) is 0 Å². The minimum atomic E-state index is -0.00579. The molecule has 1 radical (unpaired) electrons. The highest BCUT2D eigenvalue weighted by molar-refractivity contribution is 4.86. The Hall–Kier alpha value is -0.0400. The summed E-state index contributed by atoms with van der Waals surface area (Å²) in [5.41, 5.74) is -0.00579. The Kier molecular flexibility index (Phi) is 3.20. The third kappa shape index (κ3) is 4.46. The minimum Gasteiger partial charge on any atom is -0.396 e. The van der Waals surface area contributed by atoms with E-state index in [1.54, 1.807) is 0 Å². The molecule has 0 fully saturated rings. The predicted octanol–water partition coefficient (Wildman–Crippen LogP) is 1.87. The van der Waals surface area contributed by atoms with Gasteiger partial charge < -0.3 is 5.11 Å². The van der Waals surface area contributed by atoms with Crippen molar-refractivity contribution in [3.63, 3.8) is 0 Å². The van der Waals surface area contributed by atoms with E-state index in [2.05, 4.69) is 20.3 Å². The van der Waals surface area contributed by atoms with Crippen molar-refractivity contribution in [3.05, 3.63) is 6.42 Å². The molecule has 1 N–H and O–H groups in total. The highest BCUT2D eigenvalue weighted by atomic mass is 16.3. The van der Waals surface area contributed by atoms with Gasteiger partial charge in [-0.1, -0.05) is 27.7 Å². The number of rotatable bonds is 3. The topological polar surface area (TPSA) is 20.2 Å². The maximum absolute atomic E-state index is 8.81. The van der Waals surface area contributed by atoms with Gasteiger partial charge in [0.05, 0.1) is 0 Å². The second-order valence-electron chi connectivity index (χ2n) is 3.56. The van der Waals surface area contributed by atoms with Crippen LogP contribution in [0.1, 0.15) is 27.7 Å². The van der Waals surface area contributed by atoms with E-state index in [1.165, 1.54) is 0 Å². The second-order valence-corrected chi connectivity index (χ2v) is 3.56. The van der Waals surface area contributed by atoms with Gasteiger partial charge in [-0.15, -0.1) is 0 Å². The summed E-state index contributed by atoms with van der Waals surface area (Å²) >= 11 is 0. The molecule has 9 heavy (non-hydrogen) atoms. The lowest BCUT2D eigenvalue weighted by molar-refractivity contribution is 0.178. The van der Waals surface area contributed by atoms with Gasteiger partial charge in [-0.05, 0) is 17.8 Å². The average Bonchev–Trinajstić information content (AvgIpc) is 1.63. The molecule has 0 aromatic carbocycles. The first kappa shape index (κ1) is 8.96. The summed E-state index contributed by atoms with van der Waals surface area (Å²) in [4.78, 5) is 0. The normalized spacial score (nSPS) is 12.7. The summed E-state index contributed by atoms with van der Waals surface area (Å²) in [5, 5.41) is 8.81. The lowest BCUT2D eigenvalue weighted by atomic mass is 9.85. The smallest absolute Gasteiger partial charge is 0.0484 e. The van der Waals surface area contributed by atoms with Crippen LogP contribution in [0.25, 0.3) is 0 Å². The summed E-state index contributed by atoms with van der Waals surface area (Å²) in [5.74, 6) is 0.562. The van der Waals surface area contributed by atoms with Gasteiger partial charge in [-0.3, -0.25) is 0 Å². The highest BCUT2D eigenvalue weighted by Crippen LogP contribution is 2.22. The molecular formula is C8H17O.